The molecule has 3 aromatic carbocycles. The van der Waals surface area contributed by atoms with E-state index < -0.39 is 62.6 Å². The first-order valence-corrected chi connectivity index (χ1v) is 14.5. The van der Waals surface area contributed by atoms with Gasteiger partial charge in [-0.2, -0.15) is 13.2 Å². The zero-order valence-electron chi connectivity index (χ0n) is 22.9. The van der Waals surface area contributed by atoms with E-state index in [-0.39, 0.29) is 34.4 Å². The number of anilines is 3. The number of carbonyl (C=O) groups excluding carboxylic acids is 2. The first-order chi connectivity index (χ1) is 19.8. The Morgan fingerprint density at radius 3 is 2.09 bits per heavy atom. The number of carbonyl (C=O) groups is 2. The second-order valence-corrected chi connectivity index (χ2v) is 11.8. The fraction of sp³-hybridized carbons (Fsp3) is 0.259. The van der Waals surface area contributed by atoms with Gasteiger partial charge in [-0.05, 0) is 54.8 Å². The number of phenolic OH excluding ortho intramolecular Hbond substituents is 1. The minimum atomic E-state index is -5.32. The average molecular weight is 650 g/mol. The normalized spacial score (nSPS) is 12.5. The van der Waals surface area contributed by atoms with Crippen LogP contribution in [0, 0.1) is 11.6 Å². The van der Waals surface area contributed by atoms with Gasteiger partial charge < -0.3 is 20.5 Å². The van der Waals surface area contributed by atoms with Crippen molar-refractivity contribution in [1.29, 1.82) is 0 Å². The van der Waals surface area contributed by atoms with Crippen molar-refractivity contribution in [2.45, 2.75) is 39.0 Å². The Morgan fingerprint density at radius 1 is 0.953 bits per heavy atom. The lowest BCUT2D eigenvalue weighted by Crippen LogP contribution is -2.30. The van der Waals surface area contributed by atoms with E-state index in [0.29, 0.717) is 17.0 Å². The van der Waals surface area contributed by atoms with Crippen LogP contribution in [-0.4, -0.2) is 37.7 Å². The number of hydrogen-bond acceptors (Lipinski definition) is 6. The van der Waals surface area contributed by atoms with Crippen LogP contribution in [0.25, 0.3) is 0 Å². The summed E-state index contributed by atoms with van der Waals surface area (Å²) in [6.45, 7) is 5.10. The molecule has 1 atom stereocenters. The van der Waals surface area contributed by atoms with E-state index in [9.17, 15) is 45.1 Å². The number of benzene rings is 3. The van der Waals surface area contributed by atoms with Gasteiger partial charge in [0.1, 0.15) is 28.7 Å². The number of aromatic hydroxyl groups is 1. The van der Waals surface area contributed by atoms with Gasteiger partial charge in [0, 0.05) is 17.3 Å². The zero-order chi connectivity index (χ0) is 32.4. The lowest BCUT2D eigenvalue weighted by molar-refractivity contribution is -0.142. The number of rotatable bonds is 9. The maximum Gasteiger partial charge on any atom is 0.422 e. The van der Waals surface area contributed by atoms with Gasteiger partial charge in [0.15, 0.2) is 6.10 Å². The van der Waals surface area contributed by atoms with E-state index in [1.807, 2.05) is 13.8 Å². The standard InChI is InChI=1S/C27H25ClF5N3O6S/c1-12(2)16-9-15(36-43(4,40)41)5-6-23(16)42-13(3)25(38)34-20-11-22(37)21(10-17(20)28)35-26(39)14-7-18(29)24(19(30)8-14)27(31,32)33/h5-13,36-37H,1-4H3,(H,34,38)(H,35,39). The smallest absolute Gasteiger partial charge is 0.422 e. The van der Waals surface area contributed by atoms with Gasteiger partial charge in [0.25, 0.3) is 11.8 Å². The molecule has 3 aromatic rings. The molecule has 0 saturated heterocycles. The lowest BCUT2D eigenvalue weighted by atomic mass is 10.0. The van der Waals surface area contributed by atoms with Crippen LogP contribution in [0.3, 0.4) is 0 Å². The van der Waals surface area contributed by atoms with Gasteiger partial charge in [-0.25, -0.2) is 17.2 Å². The Hall–Kier alpha value is -4.11. The topological polar surface area (TPSA) is 134 Å². The summed E-state index contributed by atoms with van der Waals surface area (Å²) in [5, 5.41) is 14.7. The molecular formula is C27H25ClF5N3O6S. The third-order valence-corrected chi connectivity index (χ3v) is 6.71. The second-order valence-electron chi connectivity index (χ2n) is 9.65. The number of hydrogen-bond donors (Lipinski definition) is 4. The minimum absolute atomic E-state index is 0.110. The van der Waals surface area contributed by atoms with Crippen LogP contribution < -0.4 is 20.1 Å². The van der Waals surface area contributed by atoms with Crippen molar-refractivity contribution in [3.05, 3.63) is 75.8 Å². The predicted molar refractivity (Wildman–Crippen MR) is 150 cm³/mol. The summed E-state index contributed by atoms with van der Waals surface area (Å²) in [6.07, 6.45) is -5.44. The molecule has 0 aliphatic rings. The molecule has 0 aromatic heterocycles. The van der Waals surface area contributed by atoms with Crippen molar-refractivity contribution in [2.75, 3.05) is 21.6 Å². The van der Waals surface area contributed by atoms with Crippen molar-refractivity contribution >= 4 is 50.5 Å². The summed E-state index contributed by atoms with van der Waals surface area (Å²) in [6, 6.07) is 6.87. The largest absolute Gasteiger partial charge is 0.506 e. The fourth-order valence-electron chi connectivity index (χ4n) is 3.79. The van der Waals surface area contributed by atoms with Crippen molar-refractivity contribution in [3.63, 3.8) is 0 Å². The SMILES string of the molecule is CC(Oc1ccc(NS(C)(=O)=O)cc1C(C)C)C(=O)Nc1cc(O)c(NC(=O)c2cc(F)c(C(F)(F)F)c(F)c2)cc1Cl. The summed E-state index contributed by atoms with van der Waals surface area (Å²) in [7, 11) is -3.52. The summed E-state index contributed by atoms with van der Waals surface area (Å²) < 4.78 is 97.4. The maximum absolute atomic E-state index is 13.9. The summed E-state index contributed by atoms with van der Waals surface area (Å²) in [4.78, 5) is 25.3. The lowest BCUT2D eigenvalue weighted by Gasteiger charge is -2.20. The molecule has 0 radical (unpaired) electrons. The number of alkyl halides is 3. The molecule has 16 heteroatoms. The number of phenols is 1. The molecule has 0 fully saturated rings. The van der Waals surface area contributed by atoms with Crippen LogP contribution in [-0.2, 0) is 21.0 Å². The van der Waals surface area contributed by atoms with Crippen molar-refractivity contribution < 1.29 is 49.8 Å². The van der Waals surface area contributed by atoms with E-state index in [4.69, 9.17) is 16.3 Å². The zero-order valence-corrected chi connectivity index (χ0v) is 24.4. The number of halogens is 6. The van der Waals surface area contributed by atoms with Gasteiger partial charge >= 0.3 is 6.18 Å². The molecule has 0 bridgehead atoms. The van der Waals surface area contributed by atoms with Crippen LogP contribution in [0.1, 0.15) is 48.2 Å². The third kappa shape index (κ3) is 8.47. The first-order valence-electron chi connectivity index (χ1n) is 12.3. The monoisotopic (exact) mass is 649 g/mol. The maximum atomic E-state index is 13.9. The minimum Gasteiger partial charge on any atom is -0.506 e. The fourth-order valence-corrected chi connectivity index (χ4v) is 4.56. The van der Waals surface area contributed by atoms with E-state index >= 15 is 0 Å². The molecule has 43 heavy (non-hydrogen) atoms. The molecule has 0 heterocycles. The molecule has 232 valence electrons. The molecular weight excluding hydrogens is 625 g/mol. The van der Waals surface area contributed by atoms with Gasteiger partial charge in [-0.15, -0.1) is 0 Å². The number of sulfonamides is 1. The van der Waals surface area contributed by atoms with Gasteiger partial charge in [0.05, 0.1) is 22.7 Å². The Balaban J connectivity index is 1.75. The Bertz CT molecular complexity index is 1660. The van der Waals surface area contributed by atoms with Crippen LogP contribution in [0.4, 0.5) is 39.0 Å². The van der Waals surface area contributed by atoms with Gasteiger partial charge in [-0.1, -0.05) is 25.4 Å². The highest BCUT2D eigenvalue weighted by Gasteiger charge is 2.38. The Kier molecular flexibility index (Phi) is 9.81. The van der Waals surface area contributed by atoms with Crippen LogP contribution in [0.15, 0.2) is 42.5 Å². The van der Waals surface area contributed by atoms with Crippen LogP contribution >= 0.6 is 11.6 Å². The van der Waals surface area contributed by atoms with Crippen molar-refractivity contribution in [3.8, 4) is 11.5 Å². The number of amides is 2. The molecule has 0 saturated carbocycles. The molecule has 0 spiro atoms. The number of ether oxygens (including phenoxy) is 1. The Morgan fingerprint density at radius 2 is 1.56 bits per heavy atom. The van der Waals surface area contributed by atoms with Gasteiger partial charge in [-0.3, -0.25) is 14.3 Å². The van der Waals surface area contributed by atoms with E-state index in [1.165, 1.54) is 19.1 Å². The van der Waals surface area contributed by atoms with Gasteiger partial charge in [0.2, 0.25) is 10.0 Å². The predicted octanol–water partition coefficient (Wildman–Crippen LogP) is 6.50. The summed E-state index contributed by atoms with van der Waals surface area (Å²) >= 11 is 6.18. The summed E-state index contributed by atoms with van der Waals surface area (Å²) in [5.41, 5.74) is -2.53. The van der Waals surface area contributed by atoms with Crippen LogP contribution in [0.2, 0.25) is 5.02 Å². The molecule has 2 amide bonds. The molecule has 0 aliphatic carbocycles. The molecule has 3 rings (SSSR count). The van der Waals surface area contributed by atoms with E-state index in [0.717, 1.165) is 18.4 Å². The Labute approximate surface area is 248 Å². The third-order valence-electron chi connectivity index (χ3n) is 5.79. The second kappa shape index (κ2) is 12.6. The molecule has 4 N–H and O–H groups in total. The highest BCUT2D eigenvalue weighted by Crippen LogP contribution is 2.36. The quantitative estimate of drug-likeness (QED) is 0.155. The molecule has 0 aliphatic heterocycles. The van der Waals surface area contributed by atoms with Crippen molar-refractivity contribution in [2.24, 2.45) is 0 Å². The summed E-state index contributed by atoms with van der Waals surface area (Å²) in [5.74, 6) is -6.42. The highest BCUT2D eigenvalue weighted by molar-refractivity contribution is 7.92. The molecule has 1 unspecified atom stereocenters. The van der Waals surface area contributed by atoms with E-state index in [1.54, 1.807) is 6.07 Å². The van der Waals surface area contributed by atoms with E-state index in [2.05, 4.69) is 15.4 Å². The number of nitrogens with one attached hydrogen (secondary N) is 3. The first kappa shape index (κ1) is 33.4. The van der Waals surface area contributed by atoms with Crippen LogP contribution in [0.5, 0.6) is 11.5 Å². The highest BCUT2D eigenvalue weighted by atomic mass is 35.5. The van der Waals surface area contributed by atoms with Crippen molar-refractivity contribution in [1.82, 2.24) is 0 Å². The molecule has 9 nitrogen and oxygen atoms in total. The average Bonchev–Trinajstić information content (AvgIpc) is 2.85.